The maximum absolute atomic E-state index is 13.8. The fraction of sp³-hybridized carbons (Fsp3) is 0.647. The third-order valence-electron chi connectivity index (χ3n) is 4.56. The van der Waals surface area contributed by atoms with Crippen LogP contribution in [0.25, 0.3) is 0 Å². The third-order valence-corrected chi connectivity index (χ3v) is 4.56. The van der Waals surface area contributed by atoms with Crippen molar-refractivity contribution in [3.63, 3.8) is 0 Å². The molecule has 0 atom stereocenters. The Morgan fingerprint density at radius 3 is 2.38 bits per heavy atom. The lowest BCUT2D eigenvalue weighted by Gasteiger charge is -2.25. The molecule has 1 heterocycles. The van der Waals surface area contributed by atoms with Crippen molar-refractivity contribution < 1.29 is 9.13 Å². The predicted octanol–water partition coefficient (Wildman–Crippen LogP) is 4.43. The van der Waals surface area contributed by atoms with Crippen molar-refractivity contribution in [1.82, 2.24) is 5.32 Å². The van der Waals surface area contributed by atoms with Crippen LogP contribution < -0.4 is 10.1 Å². The number of ether oxygens (including phenoxy) is 1. The van der Waals surface area contributed by atoms with E-state index < -0.39 is 0 Å². The van der Waals surface area contributed by atoms with E-state index in [9.17, 15) is 4.39 Å². The van der Waals surface area contributed by atoms with Crippen molar-refractivity contribution in [1.29, 1.82) is 0 Å². The first kappa shape index (κ1) is 16.6. The highest BCUT2D eigenvalue weighted by molar-refractivity contribution is 5.85. The van der Waals surface area contributed by atoms with Gasteiger partial charge in [-0.1, -0.05) is 6.42 Å². The molecule has 2 fully saturated rings. The lowest BCUT2D eigenvalue weighted by molar-refractivity contribution is 0.154. The molecule has 0 amide bonds. The summed E-state index contributed by atoms with van der Waals surface area (Å²) in [6.07, 6.45) is 8.47. The van der Waals surface area contributed by atoms with Gasteiger partial charge in [-0.05, 0) is 75.2 Å². The Kier molecular flexibility index (Phi) is 6.31. The summed E-state index contributed by atoms with van der Waals surface area (Å²) in [6.45, 7) is 2.06. The zero-order chi connectivity index (χ0) is 13.8. The Balaban J connectivity index is 0.00000161. The van der Waals surface area contributed by atoms with Crippen LogP contribution in [0.1, 0.15) is 56.4 Å². The highest BCUT2D eigenvalue weighted by Gasteiger charge is 2.19. The van der Waals surface area contributed by atoms with E-state index in [4.69, 9.17) is 4.74 Å². The number of benzene rings is 1. The molecule has 0 bridgehead atoms. The maximum Gasteiger partial charge on any atom is 0.127 e. The molecule has 0 spiro atoms. The van der Waals surface area contributed by atoms with Crippen LogP contribution >= 0.6 is 12.4 Å². The summed E-state index contributed by atoms with van der Waals surface area (Å²) in [5, 5.41) is 3.35. The van der Waals surface area contributed by atoms with Crippen molar-refractivity contribution in [2.45, 2.75) is 57.0 Å². The van der Waals surface area contributed by atoms with Gasteiger partial charge < -0.3 is 10.1 Å². The Hall–Kier alpha value is -0.800. The first-order valence-electron chi connectivity index (χ1n) is 7.99. The number of piperidine rings is 1. The van der Waals surface area contributed by atoms with E-state index in [1.54, 1.807) is 12.1 Å². The minimum atomic E-state index is -0.160. The molecule has 2 nitrogen and oxygen atoms in total. The zero-order valence-electron chi connectivity index (χ0n) is 12.4. The molecule has 1 aliphatic carbocycles. The van der Waals surface area contributed by atoms with Gasteiger partial charge in [0.1, 0.15) is 11.6 Å². The first-order valence-corrected chi connectivity index (χ1v) is 7.99. The van der Waals surface area contributed by atoms with Crippen LogP contribution in [0.3, 0.4) is 0 Å². The molecular weight excluding hydrogens is 289 g/mol. The molecular formula is C17H25ClFNO. The highest BCUT2D eigenvalue weighted by atomic mass is 35.5. The summed E-state index contributed by atoms with van der Waals surface area (Å²) in [6, 6.07) is 5.29. The number of rotatable bonds is 3. The normalized spacial score (nSPS) is 20.8. The number of hydrogen-bond acceptors (Lipinski definition) is 2. The molecule has 1 aliphatic heterocycles. The molecule has 2 aliphatic rings. The quantitative estimate of drug-likeness (QED) is 0.891. The lowest BCUT2D eigenvalue weighted by Crippen LogP contribution is -2.26. The van der Waals surface area contributed by atoms with Crippen molar-refractivity contribution in [3.05, 3.63) is 29.6 Å². The van der Waals surface area contributed by atoms with Crippen molar-refractivity contribution in [2.75, 3.05) is 13.1 Å². The van der Waals surface area contributed by atoms with Crippen LogP contribution in [0.2, 0.25) is 0 Å². The summed E-state index contributed by atoms with van der Waals surface area (Å²) < 4.78 is 19.9. The molecule has 0 aromatic heterocycles. The van der Waals surface area contributed by atoms with E-state index >= 15 is 0 Å². The van der Waals surface area contributed by atoms with E-state index in [2.05, 4.69) is 11.4 Å². The van der Waals surface area contributed by atoms with Gasteiger partial charge >= 0.3 is 0 Å². The van der Waals surface area contributed by atoms with Gasteiger partial charge in [0.05, 0.1) is 6.10 Å². The van der Waals surface area contributed by atoms with E-state index in [0.29, 0.717) is 5.92 Å². The van der Waals surface area contributed by atoms with E-state index in [0.717, 1.165) is 50.1 Å². The van der Waals surface area contributed by atoms with Crippen molar-refractivity contribution in [2.24, 2.45) is 0 Å². The number of nitrogens with one attached hydrogen (secondary N) is 1. The van der Waals surface area contributed by atoms with Crippen molar-refractivity contribution in [3.8, 4) is 5.75 Å². The molecule has 3 rings (SSSR count). The summed E-state index contributed by atoms with van der Waals surface area (Å²) in [7, 11) is 0. The smallest absolute Gasteiger partial charge is 0.127 e. The zero-order valence-corrected chi connectivity index (χ0v) is 13.3. The van der Waals surface area contributed by atoms with Gasteiger partial charge in [-0.2, -0.15) is 0 Å². The third kappa shape index (κ3) is 4.58. The maximum atomic E-state index is 13.8. The molecule has 0 unspecified atom stereocenters. The Morgan fingerprint density at radius 1 is 0.952 bits per heavy atom. The monoisotopic (exact) mass is 313 g/mol. The second-order valence-corrected chi connectivity index (χ2v) is 6.12. The van der Waals surface area contributed by atoms with E-state index in [-0.39, 0.29) is 24.3 Å². The molecule has 1 N–H and O–H groups in total. The molecule has 1 saturated carbocycles. The Morgan fingerprint density at radius 2 is 1.67 bits per heavy atom. The summed E-state index contributed by atoms with van der Waals surface area (Å²) in [5.74, 6) is 1.04. The Labute approximate surface area is 132 Å². The van der Waals surface area contributed by atoms with Crippen LogP contribution in [-0.2, 0) is 0 Å². The molecule has 1 aromatic rings. The molecule has 4 heteroatoms. The van der Waals surface area contributed by atoms with Crippen LogP contribution in [0.15, 0.2) is 18.2 Å². The molecule has 1 aromatic carbocycles. The van der Waals surface area contributed by atoms with E-state index in [1.165, 1.54) is 19.3 Å². The van der Waals surface area contributed by atoms with Gasteiger partial charge in [-0.15, -0.1) is 12.4 Å². The van der Waals surface area contributed by atoms with Crippen molar-refractivity contribution >= 4 is 12.4 Å². The van der Waals surface area contributed by atoms with Crippen LogP contribution in [0.5, 0.6) is 5.75 Å². The summed E-state index contributed by atoms with van der Waals surface area (Å²) >= 11 is 0. The topological polar surface area (TPSA) is 21.3 Å². The molecule has 118 valence electrons. The second-order valence-electron chi connectivity index (χ2n) is 6.12. The second kappa shape index (κ2) is 8.00. The van der Waals surface area contributed by atoms with Gasteiger partial charge in [0, 0.05) is 6.07 Å². The van der Waals surface area contributed by atoms with Gasteiger partial charge in [0.15, 0.2) is 0 Å². The largest absolute Gasteiger partial charge is 0.490 e. The predicted molar refractivity (Wildman–Crippen MR) is 86.0 cm³/mol. The Bertz CT molecular complexity index is 442. The standard InChI is InChI=1S/C17H24FNO.ClH/c18-15-10-14(13-6-8-19-9-7-13)11-17(12-15)20-16-4-2-1-3-5-16;/h10-13,16,19H,1-9H2;1H. The highest BCUT2D eigenvalue weighted by Crippen LogP contribution is 2.30. The summed E-state index contributed by atoms with van der Waals surface area (Å²) in [4.78, 5) is 0. The average molecular weight is 314 g/mol. The van der Waals surface area contributed by atoms with E-state index in [1.807, 2.05) is 0 Å². The minimum absolute atomic E-state index is 0. The van der Waals surface area contributed by atoms with Gasteiger partial charge in [-0.3, -0.25) is 0 Å². The van der Waals surface area contributed by atoms with Crippen LogP contribution in [-0.4, -0.2) is 19.2 Å². The van der Waals surface area contributed by atoms with Crippen LogP contribution in [0.4, 0.5) is 4.39 Å². The van der Waals surface area contributed by atoms with Gasteiger partial charge in [0.2, 0.25) is 0 Å². The van der Waals surface area contributed by atoms with Gasteiger partial charge in [0.25, 0.3) is 0 Å². The fourth-order valence-corrected chi connectivity index (χ4v) is 3.42. The number of hydrogen-bond donors (Lipinski definition) is 1. The molecule has 21 heavy (non-hydrogen) atoms. The SMILES string of the molecule is Cl.Fc1cc(OC2CCCCC2)cc(C2CCNCC2)c1. The van der Waals surface area contributed by atoms with Crippen LogP contribution in [0, 0.1) is 5.82 Å². The minimum Gasteiger partial charge on any atom is -0.490 e. The lowest BCUT2D eigenvalue weighted by atomic mass is 9.90. The molecule has 1 saturated heterocycles. The average Bonchev–Trinajstić information content (AvgIpc) is 2.49. The number of halogens is 2. The molecule has 0 radical (unpaired) electrons. The van der Waals surface area contributed by atoms with Gasteiger partial charge in [-0.25, -0.2) is 4.39 Å². The fourth-order valence-electron chi connectivity index (χ4n) is 3.42. The first-order chi connectivity index (χ1) is 9.81. The summed E-state index contributed by atoms with van der Waals surface area (Å²) in [5.41, 5.74) is 1.11.